The molecule has 0 saturated heterocycles. The predicted octanol–water partition coefficient (Wildman–Crippen LogP) is 5.38. The Kier molecular flexibility index (Phi) is 5.46. The monoisotopic (exact) mass is 503 g/mol. The first-order valence-corrected chi connectivity index (χ1v) is 12.0. The van der Waals surface area contributed by atoms with Crippen LogP contribution in [0.25, 0.3) is 40.0 Å². The number of aryl methyl sites for hydroxylation is 1. The molecule has 0 bridgehead atoms. The van der Waals surface area contributed by atoms with Crippen LogP contribution in [0.5, 0.6) is 0 Å². The summed E-state index contributed by atoms with van der Waals surface area (Å²) in [5.74, 6) is 0.827. The molecular formula is C31H17N7O. The summed E-state index contributed by atoms with van der Waals surface area (Å²) in [6.07, 6.45) is 1.63. The summed E-state index contributed by atoms with van der Waals surface area (Å²) in [5.41, 5.74) is 4.71. The highest BCUT2D eigenvalue weighted by Gasteiger charge is 2.33. The number of allylic oxidation sites excluding steroid dienone is 3. The van der Waals surface area contributed by atoms with Gasteiger partial charge in [-0.25, -0.2) is 9.97 Å². The van der Waals surface area contributed by atoms with E-state index in [9.17, 15) is 15.3 Å². The maximum atomic E-state index is 13.5. The number of Topliss-reactive ketones (excluding diaryl/α,β-unsaturated/α-hetero) is 1. The molecule has 0 radical (unpaired) electrons. The minimum Gasteiger partial charge on any atom is -0.310 e. The molecule has 39 heavy (non-hydrogen) atoms. The van der Waals surface area contributed by atoms with Gasteiger partial charge in [0.15, 0.2) is 17.1 Å². The first kappa shape index (κ1) is 23.4. The molecule has 0 atom stereocenters. The fourth-order valence-corrected chi connectivity index (χ4v) is 4.87. The Morgan fingerprint density at radius 3 is 2.15 bits per heavy atom. The van der Waals surface area contributed by atoms with Crippen molar-refractivity contribution in [3.8, 4) is 35.3 Å². The van der Waals surface area contributed by atoms with Crippen LogP contribution in [0.4, 0.5) is 0 Å². The molecule has 0 fully saturated rings. The topological polar surface area (TPSA) is 124 Å². The molecule has 0 aliphatic heterocycles. The molecule has 0 spiro atoms. The van der Waals surface area contributed by atoms with Crippen LogP contribution in [0.1, 0.15) is 27.3 Å². The van der Waals surface area contributed by atoms with Crippen LogP contribution < -0.4 is 0 Å². The summed E-state index contributed by atoms with van der Waals surface area (Å²) >= 11 is 0. The number of nitrogens with zero attached hydrogens (tertiary/aromatic N) is 7. The summed E-state index contributed by atoms with van der Waals surface area (Å²) in [6, 6.07) is 29.6. The van der Waals surface area contributed by atoms with Crippen molar-refractivity contribution in [1.82, 2.24) is 19.1 Å². The number of aromatic nitrogens is 4. The van der Waals surface area contributed by atoms with Crippen LogP contribution in [-0.4, -0.2) is 24.9 Å². The van der Waals surface area contributed by atoms with Crippen molar-refractivity contribution in [1.29, 1.82) is 15.8 Å². The molecule has 1 aliphatic rings. The van der Waals surface area contributed by atoms with Gasteiger partial charge < -0.3 is 4.57 Å². The Morgan fingerprint density at radius 2 is 1.49 bits per heavy atom. The third kappa shape index (κ3) is 3.62. The Balaban J connectivity index is 1.61. The first-order valence-electron chi connectivity index (χ1n) is 12.0. The normalized spacial score (nSPS) is 13.2. The second kappa shape index (κ2) is 9.12. The first-order chi connectivity index (χ1) is 19.0. The van der Waals surface area contributed by atoms with Gasteiger partial charge in [-0.3, -0.25) is 9.36 Å². The minimum atomic E-state index is -0.276. The Morgan fingerprint density at radius 1 is 0.821 bits per heavy atom. The summed E-state index contributed by atoms with van der Waals surface area (Å²) in [6.45, 7) is 0. The number of imidazole rings is 2. The molecule has 5 aromatic rings. The summed E-state index contributed by atoms with van der Waals surface area (Å²) in [4.78, 5) is 23.3. The van der Waals surface area contributed by atoms with Crippen molar-refractivity contribution in [3.05, 3.63) is 113 Å². The standard InChI is InChI=1S/C31H17N7O/c1-37-29(20-13-11-19(16-32)12-14-20)36-31-30(37)35-26(38(31)22-7-3-2-4-8-22)15-25-27(21(17-33)18-34)23-9-5-6-10-24(23)28(25)39/h2-15H,1H3/b25-15-. The predicted molar refractivity (Wildman–Crippen MR) is 145 cm³/mol. The van der Waals surface area contributed by atoms with Crippen LogP contribution >= 0.6 is 0 Å². The lowest BCUT2D eigenvalue weighted by molar-refractivity contribution is 0.104. The molecule has 182 valence electrons. The molecule has 6 rings (SSSR count). The second-order valence-electron chi connectivity index (χ2n) is 8.88. The number of rotatable bonds is 3. The number of hydrogen-bond donors (Lipinski definition) is 0. The molecule has 2 aromatic heterocycles. The summed E-state index contributed by atoms with van der Waals surface area (Å²) in [5, 5.41) is 28.5. The van der Waals surface area contributed by atoms with Crippen molar-refractivity contribution < 1.29 is 4.79 Å². The van der Waals surface area contributed by atoms with Gasteiger partial charge in [0.2, 0.25) is 0 Å². The summed E-state index contributed by atoms with van der Waals surface area (Å²) in [7, 11) is 1.85. The number of carbonyl (C=O) groups excluding carboxylic acids is 1. The highest BCUT2D eigenvalue weighted by Crippen LogP contribution is 2.40. The highest BCUT2D eigenvalue weighted by atomic mass is 16.1. The third-order valence-corrected chi connectivity index (χ3v) is 6.70. The number of carbonyl (C=O) groups is 1. The number of fused-ring (bicyclic) bond motifs is 2. The number of para-hydroxylation sites is 1. The van der Waals surface area contributed by atoms with E-state index in [2.05, 4.69) is 6.07 Å². The zero-order chi connectivity index (χ0) is 27.1. The minimum absolute atomic E-state index is 0.136. The Labute approximate surface area is 223 Å². The average molecular weight is 504 g/mol. The maximum Gasteiger partial charge on any atom is 0.194 e. The quantitative estimate of drug-likeness (QED) is 0.241. The van der Waals surface area contributed by atoms with Gasteiger partial charge in [-0.15, -0.1) is 0 Å². The summed E-state index contributed by atoms with van der Waals surface area (Å²) < 4.78 is 3.71. The molecular weight excluding hydrogens is 486 g/mol. The van der Waals surface area contributed by atoms with Crippen molar-refractivity contribution >= 4 is 28.7 Å². The average Bonchev–Trinajstić information content (AvgIpc) is 3.59. The van der Waals surface area contributed by atoms with E-state index in [4.69, 9.17) is 15.2 Å². The largest absolute Gasteiger partial charge is 0.310 e. The van der Waals surface area contributed by atoms with E-state index in [1.165, 1.54) is 0 Å². The molecule has 0 amide bonds. The van der Waals surface area contributed by atoms with E-state index >= 15 is 0 Å². The van der Waals surface area contributed by atoms with Gasteiger partial charge in [0.25, 0.3) is 0 Å². The molecule has 2 heterocycles. The Hall–Kier alpha value is -6.04. The number of ketones is 1. The van der Waals surface area contributed by atoms with Gasteiger partial charge in [-0.2, -0.15) is 15.8 Å². The van der Waals surface area contributed by atoms with Gasteiger partial charge in [-0.1, -0.05) is 42.5 Å². The van der Waals surface area contributed by atoms with E-state index in [0.29, 0.717) is 45.2 Å². The molecule has 0 N–H and O–H groups in total. The third-order valence-electron chi connectivity index (χ3n) is 6.70. The smallest absolute Gasteiger partial charge is 0.194 e. The number of nitriles is 3. The van der Waals surface area contributed by atoms with Crippen molar-refractivity contribution in [2.24, 2.45) is 7.05 Å². The van der Waals surface area contributed by atoms with E-state index < -0.39 is 0 Å². The lowest BCUT2D eigenvalue weighted by Gasteiger charge is -2.07. The van der Waals surface area contributed by atoms with Gasteiger partial charge in [0.1, 0.15) is 29.4 Å². The molecule has 3 aromatic carbocycles. The van der Waals surface area contributed by atoms with E-state index in [0.717, 1.165) is 11.3 Å². The molecule has 8 nitrogen and oxygen atoms in total. The van der Waals surface area contributed by atoms with Crippen molar-refractivity contribution in [2.45, 2.75) is 0 Å². The van der Waals surface area contributed by atoms with Gasteiger partial charge in [0, 0.05) is 35.0 Å². The van der Waals surface area contributed by atoms with E-state index in [-0.39, 0.29) is 16.9 Å². The Bertz CT molecular complexity index is 1990. The highest BCUT2D eigenvalue weighted by molar-refractivity contribution is 6.29. The molecule has 1 aliphatic carbocycles. The fraction of sp³-hybridized carbons (Fsp3) is 0.0323. The zero-order valence-corrected chi connectivity index (χ0v) is 20.6. The number of benzene rings is 3. The van der Waals surface area contributed by atoms with Crippen LogP contribution in [-0.2, 0) is 7.05 Å². The van der Waals surface area contributed by atoms with Gasteiger partial charge >= 0.3 is 0 Å². The molecule has 0 unspecified atom stereocenters. The SMILES string of the molecule is Cn1c(-c2ccc(C#N)cc2)nc2c1nc(/C=C1\C(=O)c3ccccc3C1=C(C#N)C#N)n2-c1ccccc1. The van der Waals surface area contributed by atoms with Crippen LogP contribution in [0, 0.1) is 34.0 Å². The van der Waals surface area contributed by atoms with E-state index in [1.54, 1.807) is 42.5 Å². The lowest BCUT2D eigenvalue weighted by atomic mass is 9.99. The van der Waals surface area contributed by atoms with Crippen LogP contribution in [0.15, 0.2) is 90.0 Å². The fourth-order valence-electron chi connectivity index (χ4n) is 4.87. The van der Waals surface area contributed by atoms with Crippen LogP contribution in [0.2, 0.25) is 0 Å². The molecule has 0 saturated carbocycles. The van der Waals surface area contributed by atoms with Crippen molar-refractivity contribution in [2.75, 3.05) is 0 Å². The maximum absolute atomic E-state index is 13.5. The van der Waals surface area contributed by atoms with Gasteiger partial charge in [-0.05, 0) is 48.0 Å². The zero-order valence-electron chi connectivity index (χ0n) is 20.6. The van der Waals surface area contributed by atoms with E-state index in [1.807, 2.05) is 70.8 Å². The number of hydrogen-bond acceptors (Lipinski definition) is 6. The lowest BCUT2D eigenvalue weighted by Crippen LogP contribution is -2.02. The molecule has 8 heteroatoms. The van der Waals surface area contributed by atoms with Crippen molar-refractivity contribution in [3.63, 3.8) is 0 Å². The van der Waals surface area contributed by atoms with Gasteiger partial charge in [0.05, 0.1) is 11.6 Å². The second-order valence-corrected chi connectivity index (χ2v) is 8.88. The van der Waals surface area contributed by atoms with Crippen LogP contribution in [0.3, 0.4) is 0 Å².